The van der Waals surface area contributed by atoms with E-state index < -0.39 is 6.04 Å². The molecule has 0 aliphatic rings. The molecule has 2 rings (SSSR count). The van der Waals surface area contributed by atoms with Crippen molar-refractivity contribution in [3.05, 3.63) is 71.3 Å². The maximum absolute atomic E-state index is 12.9. The van der Waals surface area contributed by atoms with Crippen molar-refractivity contribution in [2.45, 2.75) is 52.6 Å². The molecule has 1 N–H and O–H groups in total. The standard InChI is InChI=1S/C23H30N2O2/c1-4-10-22(26)25(17-20-14-9-11-18(3)15-20)21(23(27)24-5-2)16-19-12-7-6-8-13-19/h6-9,11-15,21H,4-5,10,16-17H2,1-3H3,(H,24,27). The van der Waals surface area contributed by atoms with Gasteiger partial charge in [0.15, 0.2) is 0 Å². The molecule has 2 amide bonds. The number of benzene rings is 2. The third kappa shape index (κ3) is 6.24. The molecule has 0 aliphatic heterocycles. The molecule has 0 bridgehead atoms. The first kappa shape index (κ1) is 20.7. The summed E-state index contributed by atoms with van der Waals surface area (Å²) >= 11 is 0. The van der Waals surface area contributed by atoms with E-state index in [1.54, 1.807) is 4.90 Å². The van der Waals surface area contributed by atoms with Crippen LogP contribution >= 0.6 is 0 Å². The largest absolute Gasteiger partial charge is 0.355 e. The van der Waals surface area contributed by atoms with E-state index in [4.69, 9.17) is 0 Å². The molecule has 1 unspecified atom stereocenters. The van der Waals surface area contributed by atoms with Gasteiger partial charge < -0.3 is 10.2 Å². The van der Waals surface area contributed by atoms with E-state index in [0.717, 1.165) is 23.1 Å². The van der Waals surface area contributed by atoms with Gasteiger partial charge in [-0.2, -0.15) is 0 Å². The van der Waals surface area contributed by atoms with Gasteiger partial charge in [-0.3, -0.25) is 9.59 Å². The van der Waals surface area contributed by atoms with Crippen LogP contribution in [0.4, 0.5) is 0 Å². The maximum Gasteiger partial charge on any atom is 0.243 e. The third-order valence-corrected chi connectivity index (χ3v) is 4.52. The van der Waals surface area contributed by atoms with Gasteiger partial charge in [0.25, 0.3) is 0 Å². The molecule has 144 valence electrons. The zero-order valence-corrected chi connectivity index (χ0v) is 16.6. The van der Waals surface area contributed by atoms with Gasteiger partial charge in [0, 0.05) is 25.9 Å². The molecular weight excluding hydrogens is 336 g/mol. The molecule has 0 aromatic heterocycles. The average Bonchev–Trinajstić information content (AvgIpc) is 2.66. The number of aryl methyl sites for hydroxylation is 1. The molecule has 0 saturated carbocycles. The summed E-state index contributed by atoms with van der Waals surface area (Å²) in [6.45, 7) is 6.91. The highest BCUT2D eigenvalue weighted by Crippen LogP contribution is 2.17. The Balaban J connectivity index is 2.34. The number of rotatable bonds is 9. The molecule has 0 aliphatic carbocycles. The van der Waals surface area contributed by atoms with Crippen molar-refractivity contribution in [2.24, 2.45) is 0 Å². The summed E-state index contributed by atoms with van der Waals surface area (Å²) in [6.07, 6.45) is 1.71. The van der Waals surface area contributed by atoms with Crippen molar-refractivity contribution in [1.82, 2.24) is 10.2 Å². The van der Waals surface area contributed by atoms with E-state index in [1.807, 2.05) is 69.3 Å². The van der Waals surface area contributed by atoms with Gasteiger partial charge in [-0.15, -0.1) is 0 Å². The minimum atomic E-state index is -0.521. The molecule has 0 fully saturated rings. The Kier molecular flexibility index (Phi) is 8.05. The zero-order valence-electron chi connectivity index (χ0n) is 16.6. The van der Waals surface area contributed by atoms with Crippen molar-refractivity contribution in [2.75, 3.05) is 6.54 Å². The molecule has 4 nitrogen and oxygen atoms in total. The zero-order chi connectivity index (χ0) is 19.6. The Morgan fingerprint density at radius 3 is 2.33 bits per heavy atom. The Hall–Kier alpha value is -2.62. The minimum absolute atomic E-state index is 0.0196. The predicted octanol–water partition coefficient (Wildman–Crippen LogP) is 3.87. The van der Waals surface area contributed by atoms with Crippen LogP contribution in [0.1, 0.15) is 43.4 Å². The first-order valence-corrected chi connectivity index (χ1v) is 9.71. The van der Waals surface area contributed by atoms with Crippen LogP contribution in [0.2, 0.25) is 0 Å². The fraction of sp³-hybridized carbons (Fsp3) is 0.391. The second kappa shape index (κ2) is 10.5. The van der Waals surface area contributed by atoms with Crippen LogP contribution in [-0.4, -0.2) is 29.3 Å². The van der Waals surface area contributed by atoms with Crippen LogP contribution in [-0.2, 0) is 22.6 Å². The van der Waals surface area contributed by atoms with Crippen molar-refractivity contribution in [3.8, 4) is 0 Å². The maximum atomic E-state index is 12.9. The van der Waals surface area contributed by atoms with Gasteiger partial charge in [-0.25, -0.2) is 0 Å². The van der Waals surface area contributed by atoms with E-state index in [1.165, 1.54) is 0 Å². The van der Waals surface area contributed by atoms with Gasteiger partial charge in [0.2, 0.25) is 11.8 Å². The number of amides is 2. The Morgan fingerprint density at radius 1 is 1.00 bits per heavy atom. The molecule has 2 aromatic carbocycles. The van der Waals surface area contributed by atoms with Crippen LogP contribution in [0.15, 0.2) is 54.6 Å². The van der Waals surface area contributed by atoms with E-state index in [2.05, 4.69) is 11.4 Å². The minimum Gasteiger partial charge on any atom is -0.355 e. The van der Waals surface area contributed by atoms with Crippen LogP contribution in [0.25, 0.3) is 0 Å². The van der Waals surface area contributed by atoms with Crippen molar-refractivity contribution >= 4 is 11.8 Å². The second-order valence-electron chi connectivity index (χ2n) is 6.86. The van der Waals surface area contributed by atoms with E-state index in [0.29, 0.717) is 25.9 Å². The highest BCUT2D eigenvalue weighted by Gasteiger charge is 2.29. The molecule has 27 heavy (non-hydrogen) atoms. The second-order valence-corrected chi connectivity index (χ2v) is 6.86. The lowest BCUT2D eigenvalue weighted by Gasteiger charge is -2.31. The SMILES string of the molecule is CCCC(=O)N(Cc1cccc(C)c1)C(Cc1ccccc1)C(=O)NCC. The number of nitrogens with zero attached hydrogens (tertiary/aromatic N) is 1. The molecule has 0 spiro atoms. The molecule has 0 saturated heterocycles. The molecule has 0 heterocycles. The summed E-state index contributed by atoms with van der Waals surface area (Å²) < 4.78 is 0. The molecular formula is C23H30N2O2. The molecule has 2 aromatic rings. The highest BCUT2D eigenvalue weighted by atomic mass is 16.2. The Labute approximate surface area is 162 Å². The first-order chi connectivity index (χ1) is 13.0. The van der Waals surface area contributed by atoms with Crippen molar-refractivity contribution in [3.63, 3.8) is 0 Å². The van der Waals surface area contributed by atoms with Crippen molar-refractivity contribution in [1.29, 1.82) is 0 Å². The number of hydrogen-bond donors (Lipinski definition) is 1. The van der Waals surface area contributed by atoms with Crippen LogP contribution in [0, 0.1) is 6.92 Å². The monoisotopic (exact) mass is 366 g/mol. The average molecular weight is 367 g/mol. The smallest absolute Gasteiger partial charge is 0.243 e. The molecule has 4 heteroatoms. The quantitative estimate of drug-likeness (QED) is 0.732. The van der Waals surface area contributed by atoms with Crippen LogP contribution in [0.3, 0.4) is 0 Å². The summed E-state index contributed by atoms with van der Waals surface area (Å²) in [7, 11) is 0. The number of likely N-dealkylation sites (N-methyl/N-ethyl adjacent to an activating group) is 1. The van der Waals surface area contributed by atoms with Crippen LogP contribution in [0.5, 0.6) is 0 Å². The summed E-state index contributed by atoms with van der Waals surface area (Å²) in [5, 5.41) is 2.91. The van der Waals surface area contributed by atoms with Gasteiger partial charge in [-0.1, -0.05) is 67.1 Å². The number of hydrogen-bond acceptors (Lipinski definition) is 2. The number of carbonyl (C=O) groups is 2. The lowest BCUT2D eigenvalue weighted by molar-refractivity contribution is -0.141. The topological polar surface area (TPSA) is 49.4 Å². The number of nitrogens with one attached hydrogen (secondary N) is 1. The fourth-order valence-electron chi connectivity index (χ4n) is 3.21. The first-order valence-electron chi connectivity index (χ1n) is 9.71. The summed E-state index contributed by atoms with van der Waals surface area (Å²) in [5.41, 5.74) is 3.24. The number of carbonyl (C=O) groups excluding carboxylic acids is 2. The third-order valence-electron chi connectivity index (χ3n) is 4.52. The highest BCUT2D eigenvalue weighted by molar-refractivity contribution is 5.88. The summed E-state index contributed by atoms with van der Waals surface area (Å²) in [4.78, 5) is 27.5. The van der Waals surface area contributed by atoms with Crippen molar-refractivity contribution < 1.29 is 9.59 Å². The summed E-state index contributed by atoms with van der Waals surface area (Å²) in [6, 6.07) is 17.5. The van der Waals surface area contributed by atoms with E-state index >= 15 is 0 Å². The van der Waals surface area contributed by atoms with E-state index in [-0.39, 0.29) is 11.8 Å². The fourth-order valence-corrected chi connectivity index (χ4v) is 3.21. The summed E-state index contributed by atoms with van der Waals surface area (Å²) in [5.74, 6) is -0.0790. The van der Waals surface area contributed by atoms with E-state index in [9.17, 15) is 9.59 Å². The van der Waals surface area contributed by atoms with Gasteiger partial charge in [-0.05, 0) is 31.4 Å². The normalized spacial score (nSPS) is 11.7. The van der Waals surface area contributed by atoms with Gasteiger partial charge in [0.1, 0.15) is 6.04 Å². The van der Waals surface area contributed by atoms with Gasteiger partial charge in [0.05, 0.1) is 0 Å². The van der Waals surface area contributed by atoms with Crippen LogP contribution < -0.4 is 5.32 Å². The molecule has 1 atom stereocenters. The lowest BCUT2D eigenvalue weighted by Crippen LogP contribution is -2.50. The molecule has 0 radical (unpaired) electrons. The Bertz CT molecular complexity index is 743. The lowest BCUT2D eigenvalue weighted by atomic mass is 10.0. The van der Waals surface area contributed by atoms with Gasteiger partial charge >= 0.3 is 0 Å². The predicted molar refractivity (Wildman–Crippen MR) is 109 cm³/mol. The Morgan fingerprint density at radius 2 is 1.70 bits per heavy atom.